The van der Waals surface area contributed by atoms with Crippen molar-refractivity contribution in [1.82, 2.24) is 0 Å². The number of ether oxygens (including phenoxy) is 2. The van der Waals surface area contributed by atoms with E-state index < -0.39 is 52.4 Å². The number of alkyl halides is 6. The van der Waals surface area contributed by atoms with Crippen LogP contribution < -0.4 is 0 Å². The molecule has 2 unspecified atom stereocenters. The van der Waals surface area contributed by atoms with E-state index in [2.05, 4.69) is 0 Å². The second-order valence-corrected chi connectivity index (χ2v) is 9.83. The monoisotopic (exact) mass is 438 g/mol. The fourth-order valence-electron chi connectivity index (χ4n) is 3.19. The number of halogens is 6. The Morgan fingerprint density at radius 2 is 1.21 bits per heavy atom. The van der Waals surface area contributed by atoms with Crippen molar-refractivity contribution in [2.24, 2.45) is 10.8 Å². The molecule has 0 aromatic rings. The van der Waals surface area contributed by atoms with E-state index in [1.54, 1.807) is 20.8 Å². The van der Waals surface area contributed by atoms with Gasteiger partial charge >= 0.3 is 18.3 Å². The fraction of sp³-hybridized carbons (Fsp3) is 0.947. The molecule has 0 fully saturated rings. The summed E-state index contributed by atoms with van der Waals surface area (Å²) in [5.41, 5.74) is -10.5. The first-order valence-electron chi connectivity index (χ1n) is 9.00. The van der Waals surface area contributed by atoms with Crippen molar-refractivity contribution in [2.45, 2.75) is 97.4 Å². The summed E-state index contributed by atoms with van der Waals surface area (Å²) in [4.78, 5) is 13.0. The molecule has 0 aromatic carbocycles. The van der Waals surface area contributed by atoms with Crippen molar-refractivity contribution < 1.29 is 45.7 Å². The van der Waals surface area contributed by atoms with Gasteiger partial charge < -0.3 is 14.6 Å². The maximum atomic E-state index is 13.5. The van der Waals surface area contributed by atoms with Gasteiger partial charge in [0, 0.05) is 7.11 Å². The summed E-state index contributed by atoms with van der Waals surface area (Å²) in [6.45, 7) is 11.0. The summed E-state index contributed by atoms with van der Waals surface area (Å²) < 4.78 is 89.3. The second kappa shape index (κ2) is 7.90. The maximum Gasteiger partial charge on any atom is 0.421 e. The molecule has 29 heavy (non-hydrogen) atoms. The summed E-state index contributed by atoms with van der Waals surface area (Å²) in [5.74, 6) is -1.20. The zero-order chi connectivity index (χ0) is 23.9. The number of hydrogen-bond donors (Lipinski definition) is 1. The van der Waals surface area contributed by atoms with Crippen molar-refractivity contribution in [3.05, 3.63) is 0 Å². The zero-order valence-electron chi connectivity index (χ0n) is 18.4. The van der Waals surface area contributed by atoms with Gasteiger partial charge in [-0.3, -0.25) is 4.79 Å². The zero-order valence-corrected chi connectivity index (χ0v) is 18.4. The molecule has 0 saturated heterocycles. The van der Waals surface area contributed by atoms with Crippen LogP contribution in [0, 0.1) is 10.8 Å². The quantitative estimate of drug-likeness (QED) is 0.426. The largest absolute Gasteiger partial charge is 0.456 e. The Hall–Kier alpha value is -1.03. The Kier molecular flexibility index (Phi) is 7.62. The molecule has 0 saturated carbocycles. The number of aliphatic hydroxyl groups is 1. The molecule has 0 heterocycles. The van der Waals surface area contributed by atoms with Gasteiger partial charge in [0.25, 0.3) is 0 Å². The first kappa shape index (κ1) is 28.0. The lowest BCUT2D eigenvalue weighted by Crippen LogP contribution is -2.65. The van der Waals surface area contributed by atoms with Crippen LogP contribution in [0.15, 0.2) is 0 Å². The standard InChI is InChI=1S/C19H32F6O4/c1-13(2,3)10-16(8,14(4,5)28-9)12(26)29-15(6,7)17(27,19(23,24)25)11-18(20,21)22/h27H,10-11H2,1-9H3. The predicted octanol–water partition coefficient (Wildman–Crippen LogP) is 5.42. The number of methoxy groups -OCH3 is 1. The Balaban J connectivity index is 6.29. The van der Waals surface area contributed by atoms with Gasteiger partial charge in [-0.1, -0.05) is 20.8 Å². The third-order valence-electron chi connectivity index (χ3n) is 5.44. The number of carbonyl (C=O) groups excluding carboxylic acids is 1. The average molecular weight is 438 g/mol. The molecule has 2 atom stereocenters. The minimum absolute atomic E-state index is 0.0967. The molecular formula is C19H32F6O4. The van der Waals surface area contributed by atoms with Crippen LogP contribution in [0.3, 0.4) is 0 Å². The summed E-state index contributed by atoms with van der Waals surface area (Å²) in [7, 11) is 1.30. The van der Waals surface area contributed by atoms with Gasteiger partial charge in [0.2, 0.25) is 5.60 Å². The van der Waals surface area contributed by atoms with E-state index in [1.807, 2.05) is 0 Å². The highest BCUT2D eigenvalue weighted by atomic mass is 19.4. The minimum Gasteiger partial charge on any atom is -0.456 e. The third kappa shape index (κ3) is 6.23. The Morgan fingerprint density at radius 3 is 1.48 bits per heavy atom. The van der Waals surface area contributed by atoms with Gasteiger partial charge in [0.15, 0.2) is 0 Å². The SMILES string of the molecule is COC(C)(C)C(C)(CC(C)(C)C)C(=O)OC(C)(C)C(O)(CC(F)(F)F)C(F)(F)F. The van der Waals surface area contributed by atoms with Crippen LogP contribution in [0.5, 0.6) is 0 Å². The number of rotatable bonds is 7. The molecular weight excluding hydrogens is 406 g/mol. The van der Waals surface area contributed by atoms with Crippen LogP contribution in [0.25, 0.3) is 0 Å². The lowest BCUT2D eigenvalue weighted by Gasteiger charge is -2.48. The van der Waals surface area contributed by atoms with Crippen LogP contribution in [0.2, 0.25) is 0 Å². The minimum atomic E-state index is -5.70. The van der Waals surface area contributed by atoms with Gasteiger partial charge in [0.05, 0.1) is 17.4 Å². The summed E-state index contributed by atoms with van der Waals surface area (Å²) in [6, 6.07) is 0. The highest BCUT2D eigenvalue weighted by Gasteiger charge is 2.69. The Morgan fingerprint density at radius 1 is 0.793 bits per heavy atom. The van der Waals surface area contributed by atoms with Gasteiger partial charge in [0.1, 0.15) is 5.60 Å². The van der Waals surface area contributed by atoms with E-state index in [1.165, 1.54) is 27.9 Å². The molecule has 0 spiro atoms. The maximum absolute atomic E-state index is 13.5. The van der Waals surface area contributed by atoms with Gasteiger partial charge in [-0.25, -0.2) is 0 Å². The molecule has 0 aliphatic carbocycles. The second-order valence-electron chi connectivity index (χ2n) is 9.83. The van der Waals surface area contributed by atoms with Crippen molar-refractivity contribution >= 4 is 5.97 Å². The van der Waals surface area contributed by atoms with E-state index >= 15 is 0 Å². The van der Waals surface area contributed by atoms with E-state index in [0.29, 0.717) is 13.8 Å². The molecule has 0 radical (unpaired) electrons. The molecule has 0 bridgehead atoms. The highest BCUT2D eigenvalue weighted by Crippen LogP contribution is 2.50. The number of esters is 1. The average Bonchev–Trinajstić information content (AvgIpc) is 2.41. The molecule has 4 nitrogen and oxygen atoms in total. The van der Waals surface area contributed by atoms with Crippen LogP contribution in [-0.2, 0) is 14.3 Å². The van der Waals surface area contributed by atoms with Crippen molar-refractivity contribution in [3.8, 4) is 0 Å². The summed E-state index contributed by atoms with van der Waals surface area (Å²) in [5, 5.41) is 10.1. The molecule has 0 rings (SSSR count). The van der Waals surface area contributed by atoms with Crippen LogP contribution in [0.1, 0.15) is 68.2 Å². The number of hydrogen-bond acceptors (Lipinski definition) is 4. The molecule has 174 valence electrons. The van der Waals surface area contributed by atoms with Crippen molar-refractivity contribution in [1.29, 1.82) is 0 Å². The van der Waals surface area contributed by atoms with E-state index in [9.17, 15) is 36.2 Å². The molecule has 0 aliphatic rings. The lowest BCUT2D eigenvalue weighted by molar-refractivity contribution is -0.341. The van der Waals surface area contributed by atoms with E-state index in [4.69, 9.17) is 9.47 Å². The Labute approximate surface area is 167 Å². The molecule has 0 amide bonds. The molecule has 1 N–H and O–H groups in total. The summed E-state index contributed by atoms with van der Waals surface area (Å²) in [6.07, 6.45) is -13.6. The molecule has 0 aromatic heterocycles. The smallest absolute Gasteiger partial charge is 0.421 e. The highest BCUT2D eigenvalue weighted by molar-refractivity contribution is 5.78. The van der Waals surface area contributed by atoms with Crippen LogP contribution >= 0.6 is 0 Å². The first-order chi connectivity index (χ1) is 12.4. The molecule has 10 heteroatoms. The topological polar surface area (TPSA) is 55.8 Å². The van der Waals surface area contributed by atoms with Gasteiger partial charge in [-0.2, -0.15) is 26.3 Å². The van der Waals surface area contributed by atoms with Gasteiger partial charge in [-0.05, 0) is 46.5 Å². The lowest BCUT2D eigenvalue weighted by atomic mass is 9.66. The summed E-state index contributed by atoms with van der Waals surface area (Å²) >= 11 is 0. The number of carbonyl (C=O) groups is 1. The first-order valence-corrected chi connectivity index (χ1v) is 9.00. The normalized spacial score (nSPS) is 18.8. The predicted molar refractivity (Wildman–Crippen MR) is 95.1 cm³/mol. The van der Waals surface area contributed by atoms with Crippen LogP contribution in [0.4, 0.5) is 26.3 Å². The van der Waals surface area contributed by atoms with E-state index in [-0.39, 0.29) is 6.42 Å². The molecule has 0 aliphatic heterocycles. The van der Waals surface area contributed by atoms with Crippen LogP contribution in [-0.4, -0.2) is 47.3 Å². The Bertz CT molecular complexity index is 589. The van der Waals surface area contributed by atoms with Gasteiger partial charge in [-0.15, -0.1) is 0 Å². The van der Waals surface area contributed by atoms with Crippen molar-refractivity contribution in [3.63, 3.8) is 0 Å². The fourth-order valence-corrected chi connectivity index (χ4v) is 3.19. The third-order valence-corrected chi connectivity index (χ3v) is 5.44. The van der Waals surface area contributed by atoms with Crippen molar-refractivity contribution in [2.75, 3.05) is 7.11 Å². The van der Waals surface area contributed by atoms with E-state index in [0.717, 1.165) is 0 Å².